The van der Waals surface area contributed by atoms with E-state index in [1.807, 2.05) is 0 Å². The number of ether oxygens (including phenoxy) is 1. The van der Waals surface area contributed by atoms with Gasteiger partial charge in [0.05, 0.1) is 5.56 Å². The first-order valence-corrected chi connectivity index (χ1v) is 7.81. The molecule has 1 aliphatic rings. The number of rotatable bonds is 4. The molecule has 1 fully saturated rings. The minimum Gasteiger partial charge on any atom is -0.478 e. The van der Waals surface area contributed by atoms with E-state index in [0.717, 1.165) is 6.07 Å². The number of carboxylic acid groups (broad SMARTS) is 1. The highest BCUT2D eigenvalue weighted by Crippen LogP contribution is 2.26. The second-order valence-corrected chi connectivity index (χ2v) is 5.83. The molecule has 0 amide bonds. The molecule has 1 aliphatic heterocycles. The van der Waals surface area contributed by atoms with Gasteiger partial charge in [-0.15, -0.1) is 0 Å². The minimum absolute atomic E-state index is 0.0446. The van der Waals surface area contributed by atoms with Gasteiger partial charge in [0, 0.05) is 24.7 Å². The van der Waals surface area contributed by atoms with Gasteiger partial charge in [0.1, 0.15) is 5.82 Å². The van der Waals surface area contributed by atoms with Gasteiger partial charge in [0.25, 0.3) is 0 Å². The predicted octanol–water partition coefficient (Wildman–Crippen LogP) is 3.80. The number of carbonyl (C=O) groups is 2. The monoisotopic (exact) mass is 328 g/mol. The Morgan fingerprint density at radius 3 is 2.46 bits per heavy atom. The van der Waals surface area contributed by atoms with Crippen LogP contribution in [0, 0.1) is 11.7 Å². The maximum absolute atomic E-state index is 13.5. The molecule has 2 aromatic rings. The van der Waals surface area contributed by atoms with E-state index in [1.165, 1.54) is 12.1 Å². The summed E-state index contributed by atoms with van der Waals surface area (Å²) in [5.41, 5.74) is 1.46. The number of halogens is 1. The Morgan fingerprint density at radius 1 is 1.04 bits per heavy atom. The van der Waals surface area contributed by atoms with Gasteiger partial charge in [0.15, 0.2) is 5.78 Å². The number of hydrogen-bond donors (Lipinski definition) is 1. The van der Waals surface area contributed by atoms with Crippen LogP contribution in [-0.2, 0) is 4.74 Å². The summed E-state index contributed by atoms with van der Waals surface area (Å²) < 4.78 is 18.8. The van der Waals surface area contributed by atoms with Crippen molar-refractivity contribution in [3.05, 3.63) is 59.4 Å². The number of Topliss-reactive ketones (excluding diaryl/α,β-unsaturated/α-hetero) is 1. The lowest BCUT2D eigenvalue weighted by atomic mass is 9.89. The third-order valence-electron chi connectivity index (χ3n) is 4.27. The average Bonchev–Trinajstić information content (AvgIpc) is 2.62. The molecule has 0 saturated carbocycles. The first-order valence-electron chi connectivity index (χ1n) is 7.81. The van der Waals surface area contributed by atoms with E-state index < -0.39 is 11.8 Å². The molecule has 1 saturated heterocycles. The Labute approximate surface area is 138 Å². The van der Waals surface area contributed by atoms with Gasteiger partial charge < -0.3 is 9.84 Å². The van der Waals surface area contributed by atoms with Crippen molar-refractivity contribution in [1.82, 2.24) is 0 Å². The normalized spacial score (nSPS) is 15.2. The molecule has 0 aliphatic carbocycles. The summed E-state index contributed by atoms with van der Waals surface area (Å²) in [5.74, 6) is -2.07. The fraction of sp³-hybridized carbons (Fsp3) is 0.263. The molecule has 5 heteroatoms. The van der Waals surface area contributed by atoms with Crippen molar-refractivity contribution in [3.8, 4) is 11.1 Å². The van der Waals surface area contributed by atoms with Crippen LogP contribution in [0.4, 0.5) is 4.39 Å². The Morgan fingerprint density at radius 2 is 1.75 bits per heavy atom. The fourth-order valence-corrected chi connectivity index (χ4v) is 2.92. The molecule has 0 unspecified atom stereocenters. The molecular weight excluding hydrogens is 311 g/mol. The van der Waals surface area contributed by atoms with Crippen molar-refractivity contribution in [2.24, 2.45) is 5.92 Å². The van der Waals surface area contributed by atoms with E-state index in [9.17, 15) is 14.0 Å². The molecule has 24 heavy (non-hydrogen) atoms. The zero-order valence-corrected chi connectivity index (χ0v) is 13.0. The smallest absolute Gasteiger partial charge is 0.338 e. The van der Waals surface area contributed by atoms with Gasteiger partial charge in [-0.1, -0.05) is 24.3 Å². The van der Waals surface area contributed by atoms with E-state index in [2.05, 4.69) is 0 Å². The number of aromatic carboxylic acids is 1. The summed E-state index contributed by atoms with van der Waals surface area (Å²) in [7, 11) is 0. The SMILES string of the molecule is O=C(O)c1cc(-c2cccc(C(=O)C3CCOCC3)c2)ccc1F. The minimum atomic E-state index is -1.32. The standard InChI is InChI=1S/C19H17FO4/c20-17-5-4-14(11-16(17)19(22)23)13-2-1-3-15(10-13)18(21)12-6-8-24-9-7-12/h1-5,10-12H,6-9H2,(H,22,23). The lowest BCUT2D eigenvalue weighted by Gasteiger charge is -2.21. The topological polar surface area (TPSA) is 63.6 Å². The number of carboxylic acids is 1. The molecule has 0 atom stereocenters. The van der Waals surface area contributed by atoms with Crippen molar-refractivity contribution < 1.29 is 23.8 Å². The quantitative estimate of drug-likeness (QED) is 0.867. The van der Waals surface area contributed by atoms with Crippen LogP contribution < -0.4 is 0 Å². The van der Waals surface area contributed by atoms with Gasteiger partial charge in [-0.25, -0.2) is 9.18 Å². The summed E-state index contributed by atoms with van der Waals surface area (Å²) in [6, 6.07) is 11.0. The second kappa shape index (κ2) is 6.93. The molecule has 4 nitrogen and oxygen atoms in total. The van der Waals surface area contributed by atoms with Crippen LogP contribution in [0.15, 0.2) is 42.5 Å². The number of ketones is 1. The van der Waals surface area contributed by atoms with Gasteiger partial charge in [-0.2, -0.15) is 0 Å². The molecule has 0 bridgehead atoms. The third kappa shape index (κ3) is 3.36. The van der Waals surface area contributed by atoms with Crippen molar-refractivity contribution in [3.63, 3.8) is 0 Å². The fourth-order valence-electron chi connectivity index (χ4n) is 2.92. The number of hydrogen-bond acceptors (Lipinski definition) is 3. The molecule has 2 aromatic carbocycles. The van der Waals surface area contributed by atoms with E-state index >= 15 is 0 Å². The maximum Gasteiger partial charge on any atom is 0.338 e. The van der Waals surface area contributed by atoms with Crippen LogP contribution in [-0.4, -0.2) is 30.1 Å². The third-order valence-corrected chi connectivity index (χ3v) is 4.27. The summed E-state index contributed by atoms with van der Waals surface area (Å²) in [6.07, 6.45) is 1.42. The molecule has 1 N–H and O–H groups in total. The average molecular weight is 328 g/mol. The zero-order valence-electron chi connectivity index (χ0n) is 13.0. The predicted molar refractivity (Wildman–Crippen MR) is 86.7 cm³/mol. The second-order valence-electron chi connectivity index (χ2n) is 5.83. The molecule has 0 radical (unpaired) electrons. The maximum atomic E-state index is 13.5. The summed E-state index contributed by atoms with van der Waals surface area (Å²) in [6.45, 7) is 1.19. The summed E-state index contributed by atoms with van der Waals surface area (Å²) >= 11 is 0. The van der Waals surface area contributed by atoms with Crippen molar-refractivity contribution in [2.75, 3.05) is 13.2 Å². The van der Waals surface area contributed by atoms with Crippen LogP contribution in [0.3, 0.4) is 0 Å². The van der Waals surface area contributed by atoms with E-state index in [0.29, 0.717) is 42.7 Å². The number of benzene rings is 2. The highest BCUT2D eigenvalue weighted by molar-refractivity contribution is 5.99. The Bertz CT molecular complexity index is 779. The molecule has 1 heterocycles. The Hall–Kier alpha value is -2.53. The van der Waals surface area contributed by atoms with E-state index in [4.69, 9.17) is 9.84 Å². The Kier molecular flexibility index (Phi) is 4.71. The van der Waals surface area contributed by atoms with E-state index in [-0.39, 0.29) is 17.3 Å². The van der Waals surface area contributed by atoms with Gasteiger partial charge in [-0.3, -0.25) is 4.79 Å². The highest BCUT2D eigenvalue weighted by Gasteiger charge is 2.23. The zero-order chi connectivity index (χ0) is 17.1. The molecular formula is C19H17FO4. The van der Waals surface area contributed by atoms with Gasteiger partial charge >= 0.3 is 5.97 Å². The van der Waals surface area contributed by atoms with Gasteiger partial charge in [-0.05, 0) is 42.2 Å². The van der Waals surface area contributed by atoms with Crippen LogP contribution in [0.1, 0.15) is 33.6 Å². The lowest BCUT2D eigenvalue weighted by Crippen LogP contribution is -2.23. The summed E-state index contributed by atoms with van der Waals surface area (Å²) in [4.78, 5) is 23.7. The number of carbonyl (C=O) groups excluding carboxylic acids is 1. The Balaban J connectivity index is 1.92. The van der Waals surface area contributed by atoms with E-state index in [1.54, 1.807) is 24.3 Å². The largest absolute Gasteiger partial charge is 0.478 e. The van der Waals surface area contributed by atoms with Crippen molar-refractivity contribution >= 4 is 11.8 Å². The molecule has 124 valence electrons. The van der Waals surface area contributed by atoms with Crippen molar-refractivity contribution in [1.29, 1.82) is 0 Å². The summed E-state index contributed by atoms with van der Waals surface area (Å²) in [5, 5.41) is 9.04. The lowest BCUT2D eigenvalue weighted by molar-refractivity contribution is 0.0545. The molecule has 3 rings (SSSR count). The van der Waals surface area contributed by atoms with Crippen LogP contribution >= 0.6 is 0 Å². The van der Waals surface area contributed by atoms with Crippen LogP contribution in [0.5, 0.6) is 0 Å². The van der Waals surface area contributed by atoms with Crippen LogP contribution in [0.25, 0.3) is 11.1 Å². The van der Waals surface area contributed by atoms with Crippen LogP contribution in [0.2, 0.25) is 0 Å². The highest BCUT2D eigenvalue weighted by atomic mass is 19.1. The molecule has 0 spiro atoms. The van der Waals surface area contributed by atoms with Gasteiger partial charge in [0.2, 0.25) is 0 Å². The first-order chi connectivity index (χ1) is 11.6. The molecule has 0 aromatic heterocycles. The first kappa shape index (κ1) is 16.3. The van der Waals surface area contributed by atoms with Crippen molar-refractivity contribution in [2.45, 2.75) is 12.8 Å².